The van der Waals surface area contributed by atoms with Gasteiger partial charge in [0.05, 0.1) is 6.04 Å². The van der Waals surface area contributed by atoms with Crippen LogP contribution in [0.3, 0.4) is 0 Å². The predicted octanol–water partition coefficient (Wildman–Crippen LogP) is 1.76. The van der Waals surface area contributed by atoms with Crippen molar-refractivity contribution in [3.05, 3.63) is 0 Å². The Kier molecular flexibility index (Phi) is 4.13. The number of alkyl halides is 1. The average molecular weight is 233 g/mol. The van der Waals surface area contributed by atoms with Crippen molar-refractivity contribution < 1.29 is 19.0 Å². The minimum Gasteiger partial charge on any atom is -0.444 e. The molecule has 1 aliphatic rings. The number of aliphatic hydroxyl groups excluding tert-OH is 1. The molecule has 94 valence electrons. The lowest BCUT2D eigenvalue weighted by Gasteiger charge is -2.31. The van der Waals surface area contributed by atoms with Crippen LogP contribution in [0.15, 0.2) is 0 Å². The van der Waals surface area contributed by atoms with Gasteiger partial charge < -0.3 is 15.2 Å². The lowest BCUT2D eigenvalue weighted by molar-refractivity contribution is 0.00548. The normalized spacial score (nSPS) is 30.9. The van der Waals surface area contributed by atoms with E-state index in [1.165, 1.54) is 0 Å². The molecule has 0 radical (unpaired) electrons. The molecule has 0 spiro atoms. The van der Waals surface area contributed by atoms with E-state index in [2.05, 4.69) is 5.32 Å². The van der Waals surface area contributed by atoms with Gasteiger partial charge in [-0.15, -0.1) is 0 Å². The first kappa shape index (κ1) is 13.2. The third kappa shape index (κ3) is 3.96. The number of hydrogen-bond donors (Lipinski definition) is 2. The molecular weight excluding hydrogens is 213 g/mol. The molecule has 16 heavy (non-hydrogen) atoms. The third-order valence-electron chi connectivity index (χ3n) is 2.48. The molecule has 4 nitrogen and oxygen atoms in total. The molecule has 1 rings (SSSR count). The summed E-state index contributed by atoms with van der Waals surface area (Å²) in [5.74, 6) is 0. The Morgan fingerprint density at radius 1 is 1.44 bits per heavy atom. The Bertz CT molecular complexity index is 252. The molecular formula is C11H20FNO3. The maximum absolute atomic E-state index is 13.2. The molecule has 0 aromatic carbocycles. The highest BCUT2D eigenvalue weighted by atomic mass is 19.1. The maximum Gasteiger partial charge on any atom is 0.407 e. The van der Waals surface area contributed by atoms with E-state index in [1.54, 1.807) is 20.8 Å². The Morgan fingerprint density at radius 3 is 2.62 bits per heavy atom. The fourth-order valence-electron chi connectivity index (χ4n) is 1.74. The molecule has 1 amide bonds. The fourth-order valence-corrected chi connectivity index (χ4v) is 1.74. The van der Waals surface area contributed by atoms with Crippen LogP contribution >= 0.6 is 0 Å². The fraction of sp³-hybridized carbons (Fsp3) is 0.909. The maximum atomic E-state index is 13.2. The standard InChI is InChI=1S/C11H20FNO3/c1-11(2,3)16-10(15)13-8-6-4-5-7(12)9(8)14/h7-9,14H,4-6H2,1-3H3,(H,13,15). The van der Waals surface area contributed by atoms with Gasteiger partial charge >= 0.3 is 6.09 Å². The van der Waals surface area contributed by atoms with Gasteiger partial charge in [0, 0.05) is 0 Å². The molecule has 5 heteroatoms. The van der Waals surface area contributed by atoms with Crippen molar-refractivity contribution >= 4 is 6.09 Å². The van der Waals surface area contributed by atoms with E-state index in [-0.39, 0.29) is 0 Å². The van der Waals surface area contributed by atoms with Crippen LogP contribution in [0.4, 0.5) is 9.18 Å². The molecule has 0 bridgehead atoms. The van der Waals surface area contributed by atoms with E-state index in [1.807, 2.05) is 0 Å². The van der Waals surface area contributed by atoms with Gasteiger partial charge in [0.15, 0.2) is 0 Å². The van der Waals surface area contributed by atoms with Crippen LogP contribution in [-0.2, 0) is 4.74 Å². The van der Waals surface area contributed by atoms with Gasteiger partial charge in [-0.05, 0) is 40.0 Å². The van der Waals surface area contributed by atoms with Crippen molar-refractivity contribution in [1.82, 2.24) is 5.32 Å². The lowest BCUT2D eigenvalue weighted by atomic mass is 9.91. The van der Waals surface area contributed by atoms with Crippen LogP contribution in [0.25, 0.3) is 0 Å². The molecule has 0 saturated heterocycles. The molecule has 2 N–H and O–H groups in total. The summed E-state index contributed by atoms with van der Waals surface area (Å²) in [6, 6.07) is -0.543. The van der Waals surface area contributed by atoms with Crippen LogP contribution in [0, 0.1) is 0 Å². The van der Waals surface area contributed by atoms with Crippen LogP contribution in [-0.4, -0.2) is 35.1 Å². The number of halogens is 1. The first-order valence-electron chi connectivity index (χ1n) is 5.61. The van der Waals surface area contributed by atoms with E-state index in [4.69, 9.17) is 4.74 Å². The van der Waals surface area contributed by atoms with E-state index >= 15 is 0 Å². The number of carbonyl (C=O) groups is 1. The van der Waals surface area contributed by atoms with Crippen molar-refractivity contribution in [3.63, 3.8) is 0 Å². The lowest BCUT2D eigenvalue weighted by Crippen LogP contribution is -2.50. The molecule has 0 aromatic rings. The van der Waals surface area contributed by atoms with Crippen LogP contribution in [0.2, 0.25) is 0 Å². The molecule has 3 atom stereocenters. The highest BCUT2D eigenvalue weighted by Crippen LogP contribution is 2.22. The van der Waals surface area contributed by atoms with E-state index in [0.29, 0.717) is 19.3 Å². The number of carbonyl (C=O) groups excluding carboxylic acids is 1. The number of hydrogen-bond acceptors (Lipinski definition) is 3. The zero-order valence-corrected chi connectivity index (χ0v) is 10.00. The Balaban J connectivity index is 2.44. The Morgan fingerprint density at radius 2 is 2.06 bits per heavy atom. The van der Waals surface area contributed by atoms with Gasteiger partial charge in [-0.2, -0.15) is 0 Å². The summed E-state index contributed by atoms with van der Waals surface area (Å²) in [4.78, 5) is 11.4. The van der Waals surface area contributed by atoms with E-state index in [0.717, 1.165) is 0 Å². The zero-order chi connectivity index (χ0) is 12.3. The summed E-state index contributed by atoms with van der Waals surface area (Å²) in [6.45, 7) is 5.26. The molecule has 3 unspecified atom stereocenters. The smallest absolute Gasteiger partial charge is 0.407 e. The average Bonchev–Trinajstić information content (AvgIpc) is 2.09. The number of alkyl carbamates (subject to hydrolysis) is 1. The van der Waals surface area contributed by atoms with Crippen molar-refractivity contribution in [2.24, 2.45) is 0 Å². The summed E-state index contributed by atoms with van der Waals surface area (Å²) >= 11 is 0. The minimum absolute atomic E-state index is 0.355. The monoisotopic (exact) mass is 233 g/mol. The molecule has 1 aliphatic carbocycles. The van der Waals surface area contributed by atoms with Gasteiger partial charge in [0.2, 0.25) is 0 Å². The summed E-state index contributed by atoms with van der Waals surface area (Å²) < 4.78 is 18.2. The third-order valence-corrected chi connectivity index (χ3v) is 2.48. The van der Waals surface area contributed by atoms with Gasteiger partial charge in [0.25, 0.3) is 0 Å². The van der Waals surface area contributed by atoms with E-state index < -0.39 is 30.0 Å². The quantitative estimate of drug-likeness (QED) is 0.725. The summed E-state index contributed by atoms with van der Waals surface area (Å²) in [5, 5.41) is 12.0. The SMILES string of the molecule is CC(C)(C)OC(=O)NC1CCCC(F)C1O. The summed E-state index contributed by atoms with van der Waals surface area (Å²) in [6.07, 6.45) is -1.38. The van der Waals surface area contributed by atoms with Crippen LogP contribution in [0.5, 0.6) is 0 Å². The van der Waals surface area contributed by atoms with Crippen molar-refractivity contribution in [1.29, 1.82) is 0 Å². The molecule has 0 aromatic heterocycles. The van der Waals surface area contributed by atoms with Crippen molar-refractivity contribution in [2.45, 2.75) is 64.0 Å². The zero-order valence-electron chi connectivity index (χ0n) is 10.00. The van der Waals surface area contributed by atoms with E-state index in [9.17, 15) is 14.3 Å². The number of nitrogens with one attached hydrogen (secondary N) is 1. The first-order chi connectivity index (χ1) is 7.29. The summed E-state index contributed by atoms with van der Waals surface area (Å²) in [5.41, 5.74) is -0.585. The topological polar surface area (TPSA) is 58.6 Å². The van der Waals surface area contributed by atoms with Crippen LogP contribution < -0.4 is 5.32 Å². The molecule has 1 fully saturated rings. The van der Waals surface area contributed by atoms with Gasteiger partial charge in [0.1, 0.15) is 17.9 Å². The molecule has 0 heterocycles. The molecule has 1 saturated carbocycles. The van der Waals surface area contributed by atoms with Crippen molar-refractivity contribution in [2.75, 3.05) is 0 Å². The number of rotatable bonds is 1. The second kappa shape index (κ2) is 4.99. The second-order valence-corrected chi connectivity index (χ2v) is 5.19. The highest BCUT2D eigenvalue weighted by molar-refractivity contribution is 5.68. The number of amides is 1. The van der Waals surface area contributed by atoms with Gasteiger partial charge in [-0.25, -0.2) is 9.18 Å². The summed E-state index contributed by atoms with van der Waals surface area (Å²) in [7, 11) is 0. The minimum atomic E-state index is -1.26. The molecule has 0 aliphatic heterocycles. The highest BCUT2D eigenvalue weighted by Gasteiger charge is 2.33. The van der Waals surface area contributed by atoms with Gasteiger partial charge in [-0.1, -0.05) is 0 Å². The van der Waals surface area contributed by atoms with Crippen LogP contribution in [0.1, 0.15) is 40.0 Å². The number of ether oxygens (including phenoxy) is 1. The number of aliphatic hydroxyl groups is 1. The van der Waals surface area contributed by atoms with Gasteiger partial charge in [-0.3, -0.25) is 0 Å². The largest absolute Gasteiger partial charge is 0.444 e. The second-order valence-electron chi connectivity index (χ2n) is 5.19. The Hall–Kier alpha value is -0.840. The van der Waals surface area contributed by atoms with Crippen molar-refractivity contribution in [3.8, 4) is 0 Å². The Labute approximate surface area is 95.2 Å². The predicted molar refractivity (Wildman–Crippen MR) is 57.9 cm³/mol. The first-order valence-corrected chi connectivity index (χ1v) is 5.61.